The summed E-state index contributed by atoms with van der Waals surface area (Å²) in [7, 11) is 0. The highest BCUT2D eigenvalue weighted by molar-refractivity contribution is 5.73. The molecule has 0 aromatic heterocycles. The van der Waals surface area contributed by atoms with E-state index < -0.39 is 0 Å². The van der Waals surface area contributed by atoms with Gasteiger partial charge in [0.25, 0.3) is 0 Å². The Hall–Kier alpha value is -2.33. The number of esters is 1. The van der Waals surface area contributed by atoms with Crippen LogP contribution in [0.15, 0.2) is 48.5 Å². The van der Waals surface area contributed by atoms with Gasteiger partial charge in [0, 0.05) is 12.5 Å². The molecule has 0 saturated carbocycles. The number of rotatable bonds is 9. The first-order chi connectivity index (χ1) is 13.7. The lowest BCUT2D eigenvalue weighted by Gasteiger charge is -2.23. The van der Waals surface area contributed by atoms with Crippen LogP contribution in [0.3, 0.4) is 0 Å². The Morgan fingerprint density at radius 2 is 1.86 bits per heavy atom. The van der Waals surface area contributed by atoms with E-state index in [1.165, 1.54) is 31.2 Å². The number of carbonyl (C=O) groups is 1. The molecule has 1 fully saturated rings. The van der Waals surface area contributed by atoms with Crippen LogP contribution < -0.4 is 14.8 Å². The fraction of sp³-hybridized carbons (Fsp3) is 0.458. The molecule has 2 aromatic carbocycles. The quantitative estimate of drug-likeness (QED) is 0.450. The van der Waals surface area contributed by atoms with Gasteiger partial charge in [0.05, 0.1) is 0 Å². The molecule has 2 aromatic rings. The number of hydrogen-bond acceptors (Lipinski definition) is 4. The normalized spacial score (nSPS) is 16.5. The second-order valence-corrected chi connectivity index (χ2v) is 7.46. The Balaban J connectivity index is 1.55. The van der Waals surface area contributed by atoms with Gasteiger partial charge in [-0.3, -0.25) is 4.79 Å². The van der Waals surface area contributed by atoms with Gasteiger partial charge in [-0.25, -0.2) is 0 Å². The smallest absolute Gasteiger partial charge is 0.311 e. The predicted molar refractivity (Wildman–Crippen MR) is 112 cm³/mol. The van der Waals surface area contributed by atoms with Crippen LogP contribution in [-0.2, 0) is 11.2 Å². The third-order valence-corrected chi connectivity index (χ3v) is 5.15. The zero-order chi connectivity index (χ0) is 19.6. The number of piperidine rings is 1. The second kappa shape index (κ2) is 10.9. The Bertz CT molecular complexity index is 736. The SMILES string of the molecule is CCCCC(=O)Oc1ccccc1Oc1ccc(CCC2CCCCN2)cc1. The summed E-state index contributed by atoms with van der Waals surface area (Å²) in [6.07, 6.45) is 8.41. The van der Waals surface area contributed by atoms with Crippen molar-refractivity contribution in [3.8, 4) is 17.2 Å². The Morgan fingerprint density at radius 1 is 1.07 bits per heavy atom. The molecule has 0 bridgehead atoms. The molecule has 0 radical (unpaired) electrons. The van der Waals surface area contributed by atoms with E-state index in [4.69, 9.17) is 9.47 Å². The summed E-state index contributed by atoms with van der Waals surface area (Å²) in [4.78, 5) is 11.9. The monoisotopic (exact) mass is 381 g/mol. The van der Waals surface area contributed by atoms with Gasteiger partial charge in [-0.2, -0.15) is 0 Å². The molecule has 1 N–H and O–H groups in total. The van der Waals surface area contributed by atoms with Gasteiger partial charge in [0.2, 0.25) is 0 Å². The van der Waals surface area contributed by atoms with E-state index in [9.17, 15) is 4.79 Å². The maximum atomic E-state index is 11.9. The number of unbranched alkanes of at least 4 members (excludes halogenated alkanes) is 1. The Labute approximate surface area is 168 Å². The van der Waals surface area contributed by atoms with Crippen molar-refractivity contribution in [2.24, 2.45) is 0 Å². The van der Waals surface area contributed by atoms with Crippen LogP contribution in [0, 0.1) is 0 Å². The summed E-state index contributed by atoms with van der Waals surface area (Å²) < 4.78 is 11.5. The number of benzene rings is 2. The summed E-state index contributed by atoms with van der Waals surface area (Å²) in [5, 5.41) is 3.60. The predicted octanol–water partition coefficient (Wildman–Crippen LogP) is 5.65. The molecule has 4 heteroatoms. The van der Waals surface area contributed by atoms with E-state index >= 15 is 0 Å². The molecular formula is C24H31NO3. The van der Waals surface area contributed by atoms with Gasteiger partial charge >= 0.3 is 5.97 Å². The first-order valence-corrected chi connectivity index (χ1v) is 10.5. The van der Waals surface area contributed by atoms with Crippen molar-refractivity contribution in [1.82, 2.24) is 5.32 Å². The van der Waals surface area contributed by atoms with E-state index in [2.05, 4.69) is 24.4 Å². The molecule has 0 spiro atoms. The summed E-state index contributed by atoms with van der Waals surface area (Å²) in [6, 6.07) is 16.2. The van der Waals surface area contributed by atoms with Gasteiger partial charge in [-0.05, 0) is 68.5 Å². The van der Waals surface area contributed by atoms with Crippen LogP contribution in [0.1, 0.15) is 57.4 Å². The molecule has 1 heterocycles. The molecule has 1 atom stereocenters. The zero-order valence-electron chi connectivity index (χ0n) is 16.8. The average molecular weight is 382 g/mol. The van der Waals surface area contributed by atoms with Crippen molar-refractivity contribution >= 4 is 5.97 Å². The minimum atomic E-state index is -0.218. The maximum Gasteiger partial charge on any atom is 0.311 e. The molecule has 150 valence electrons. The fourth-order valence-corrected chi connectivity index (χ4v) is 3.48. The number of nitrogens with one attached hydrogen (secondary N) is 1. The summed E-state index contributed by atoms with van der Waals surface area (Å²) in [5.41, 5.74) is 1.32. The average Bonchev–Trinajstić information content (AvgIpc) is 2.74. The van der Waals surface area contributed by atoms with Gasteiger partial charge in [-0.1, -0.05) is 44.0 Å². The first kappa shape index (κ1) is 20.4. The first-order valence-electron chi connectivity index (χ1n) is 10.5. The summed E-state index contributed by atoms with van der Waals surface area (Å²) in [6.45, 7) is 3.21. The van der Waals surface area contributed by atoms with Crippen molar-refractivity contribution in [2.45, 2.75) is 64.3 Å². The highest BCUT2D eigenvalue weighted by Crippen LogP contribution is 2.32. The molecule has 0 amide bonds. The molecule has 28 heavy (non-hydrogen) atoms. The maximum absolute atomic E-state index is 11.9. The number of carbonyl (C=O) groups excluding carboxylic acids is 1. The zero-order valence-corrected chi connectivity index (χ0v) is 16.8. The van der Waals surface area contributed by atoms with Gasteiger partial charge < -0.3 is 14.8 Å². The lowest BCUT2D eigenvalue weighted by molar-refractivity contribution is -0.134. The van der Waals surface area contributed by atoms with Crippen LogP contribution in [-0.4, -0.2) is 18.6 Å². The van der Waals surface area contributed by atoms with E-state index in [0.717, 1.165) is 31.6 Å². The lowest BCUT2D eigenvalue weighted by atomic mass is 9.98. The molecule has 1 saturated heterocycles. The standard InChI is InChI=1S/C24H31NO3/c1-2-3-11-24(26)28-23-10-5-4-9-22(23)27-21-16-13-19(14-17-21)12-15-20-8-6-7-18-25-20/h4-5,9-10,13-14,16-17,20,25H,2-3,6-8,11-12,15,18H2,1H3. The molecule has 1 aliphatic heterocycles. The molecular weight excluding hydrogens is 350 g/mol. The van der Waals surface area contributed by atoms with Gasteiger partial charge in [-0.15, -0.1) is 0 Å². The van der Waals surface area contributed by atoms with Crippen molar-refractivity contribution in [3.05, 3.63) is 54.1 Å². The minimum Gasteiger partial charge on any atom is -0.453 e. The number of para-hydroxylation sites is 2. The number of ether oxygens (including phenoxy) is 2. The Morgan fingerprint density at radius 3 is 2.57 bits per heavy atom. The number of aryl methyl sites for hydroxylation is 1. The third-order valence-electron chi connectivity index (χ3n) is 5.15. The van der Waals surface area contributed by atoms with E-state index in [-0.39, 0.29) is 5.97 Å². The van der Waals surface area contributed by atoms with Crippen LogP contribution in [0.5, 0.6) is 17.2 Å². The van der Waals surface area contributed by atoms with Crippen molar-refractivity contribution in [2.75, 3.05) is 6.54 Å². The van der Waals surface area contributed by atoms with Crippen LogP contribution in [0.2, 0.25) is 0 Å². The fourth-order valence-electron chi connectivity index (χ4n) is 3.48. The van der Waals surface area contributed by atoms with Crippen molar-refractivity contribution < 1.29 is 14.3 Å². The minimum absolute atomic E-state index is 0.218. The number of hydrogen-bond donors (Lipinski definition) is 1. The van der Waals surface area contributed by atoms with Gasteiger partial charge in [0.1, 0.15) is 5.75 Å². The van der Waals surface area contributed by atoms with Crippen LogP contribution >= 0.6 is 0 Å². The third kappa shape index (κ3) is 6.38. The highest BCUT2D eigenvalue weighted by atomic mass is 16.6. The summed E-state index contributed by atoms with van der Waals surface area (Å²) >= 11 is 0. The second-order valence-electron chi connectivity index (χ2n) is 7.46. The molecule has 0 aliphatic carbocycles. The Kier molecular flexibility index (Phi) is 7.92. The molecule has 1 unspecified atom stereocenters. The van der Waals surface area contributed by atoms with Gasteiger partial charge in [0.15, 0.2) is 11.5 Å². The van der Waals surface area contributed by atoms with Crippen LogP contribution in [0.25, 0.3) is 0 Å². The van der Waals surface area contributed by atoms with Crippen LogP contribution in [0.4, 0.5) is 0 Å². The van der Waals surface area contributed by atoms with E-state index in [1.807, 2.05) is 30.3 Å². The molecule has 4 nitrogen and oxygen atoms in total. The van der Waals surface area contributed by atoms with Crippen molar-refractivity contribution in [1.29, 1.82) is 0 Å². The molecule has 3 rings (SSSR count). The topological polar surface area (TPSA) is 47.6 Å². The van der Waals surface area contributed by atoms with Crippen molar-refractivity contribution in [3.63, 3.8) is 0 Å². The highest BCUT2D eigenvalue weighted by Gasteiger charge is 2.13. The van der Waals surface area contributed by atoms with E-state index in [1.54, 1.807) is 6.07 Å². The van der Waals surface area contributed by atoms with E-state index in [0.29, 0.717) is 24.0 Å². The lowest BCUT2D eigenvalue weighted by Crippen LogP contribution is -2.34. The largest absolute Gasteiger partial charge is 0.453 e. The molecule has 1 aliphatic rings. The summed E-state index contributed by atoms with van der Waals surface area (Å²) in [5.74, 6) is 1.56.